The van der Waals surface area contributed by atoms with Gasteiger partial charge in [0.2, 0.25) is 0 Å². The van der Waals surface area contributed by atoms with Crippen molar-refractivity contribution >= 4 is 27.6 Å². The molecule has 0 atom stereocenters. The summed E-state index contributed by atoms with van der Waals surface area (Å²) >= 11 is 3.05. The third kappa shape index (κ3) is 3.40. The maximum Gasteiger partial charge on any atom is 0.433 e. The topological polar surface area (TPSA) is 37.8 Å². The van der Waals surface area contributed by atoms with Gasteiger partial charge in [0.05, 0.1) is 10.7 Å². The lowest BCUT2D eigenvalue weighted by Gasteiger charge is -2.09. The molecule has 0 aliphatic heterocycles. The van der Waals surface area contributed by atoms with Crippen LogP contribution in [0.1, 0.15) is 5.69 Å². The molecular formula is C11H6BrF4N3. The minimum atomic E-state index is -4.52. The minimum absolute atomic E-state index is 0.0327. The molecule has 0 saturated heterocycles. The molecule has 0 radical (unpaired) electrons. The van der Waals surface area contributed by atoms with Crippen molar-refractivity contribution in [3.05, 3.63) is 46.4 Å². The van der Waals surface area contributed by atoms with Gasteiger partial charge >= 0.3 is 6.18 Å². The Morgan fingerprint density at radius 2 is 1.95 bits per heavy atom. The predicted molar refractivity (Wildman–Crippen MR) is 64.4 cm³/mol. The van der Waals surface area contributed by atoms with E-state index in [0.29, 0.717) is 0 Å². The molecule has 19 heavy (non-hydrogen) atoms. The quantitative estimate of drug-likeness (QED) is 0.838. The fraction of sp³-hybridized carbons (Fsp3) is 0.0909. The summed E-state index contributed by atoms with van der Waals surface area (Å²) in [7, 11) is 0. The molecule has 100 valence electrons. The lowest BCUT2D eigenvalue weighted by atomic mass is 10.3. The molecule has 2 aromatic heterocycles. The van der Waals surface area contributed by atoms with E-state index in [-0.39, 0.29) is 16.1 Å². The van der Waals surface area contributed by atoms with Crippen LogP contribution in [0.15, 0.2) is 34.9 Å². The molecule has 2 heterocycles. The summed E-state index contributed by atoms with van der Waals surface area (Å²) in [4.78, 5) is 7.12. The lowest BCUT2D eigenvalue weighted by molar-refractivity contribution is -0.141. The smallest absolute Gasteiger partial charge is 0.324 e. The summed E-state index contributed by atoms with van der Waals surface area (Å²) in [5.41, 5.74) is -1.02. The van der Waals surface area contributed by atoms with Crippen LogP contribution in [0.5, 0.6) is 0 Å². The van der Waals surface area contributed by atoms with E-state index in [9.17, 15) is 17.6 Å². The number of nitrogens with zero attached hydrogens (tertiary/aromatic N) is 2. The van der Waals surface area contributed by atoms with Gasteiger partial charge in [0, 0.05) is 0 Å². The molecule has 1 N–H and O–H groups in total. The largest absolute Gasteiger partial charge is 0.433 e. The number of rotatable bonds is 2. The molecule has 0 spiro atoms. The highest BCUT2D eigenvalue weighted by Gasteiger charge is 2.32. The van der Waals surface area contributed by atoms with E-state index in [1.807, 2.05) is 0 Å². The van der Waals surface area contributed by atoms with Crippen LogP contribution in [0.25, 0.3) is 0 Å². The highest BCUT2D eigenvalue weighted by molar-refractivity contribution is 9.10. The Balaban J connectivity index is 2.29. The third-order valence-electron chi connectivity index (χ3n) is 2.09. The van der Waals surface area contributed by atoms with Gasteiger partial charge in [-0.3, -0.25) is 0 Å². The number of halogens is 5. The summed E-state index contributed by atoms with van der Waals surface area (Å²) in [6, 6.07) is 4.57. The highest BCUT2D eigenvalue weighted by atomic mass is 79.9. The van der Waals surface area contributed by atoms with E-state index in [0.717, 1.165) is 18.3 Å². The Hall–Kier alpha value is -1.70. The summed E-state index contributed by atoms with van der Waals surface area (Å²) in [6.45, 7) is 0. The average Bonchev–Trinajstić information content (AvgIpc) is 2.32. The maximum absolute atomic E-state index is 12.8. The fourth-order valence-electron chi connectivity index (χ4n) is 1.29. The van der Waals surface area contributed by atoms with Gasteiger partial charge in [-0.05, 0) is 34.1 Å². The minimum Gasteiger partial charge on any atom is -0.324 e. The number of anilines is 2. The molecule has 0 amide bonds. The molecule has 0 saturated carbocycles. The molecule has 0 bridgehead atoms. The van der Waals surface area contributed by atoms with Crippen LogP contribution in [-0.4, -0.2) is 9.97 Å². The summed E-state index contributed by atoms with van der Waals surface area (Å²) in [6.07, 6.45) is -3.58. The second-order valence-corrected chi connectivity index (χ2v) is 4.37. The van der Waals surface area contributed by atoms with Crippen molar-refractivity contribution in [1.29, 1.82) is 0 Å². The standard InChI is InChI=1S/C11H6BrF4N3/c12-7-4-6(13)5-17-10(7)19-9-3-1-2-8(18-9)11(14,15)16/h1-5H,(H,17,18,19). The first-order valence-electron chi connectivity index (χ1n) is 4.98. The van der Waals surface area contributed by atoms with E-state index in [1.54, 1.807) is 0 Å². The van der Waals surface area contributed by atoms with Gasteiger partial charge < -0.3 is 5.32 Å². The summed E-state index contributed by atoms with van der Waals surface area (Å²) in [5, 5.41) is 2.58. The number of hydrogen-bond acceptors (Lipinski definition) is 3. The highest BCUT2D eigenvalue weighted by Crippen LogP contribution is 2.29. The van der Waals surface area contributed by atoms with E-state index in [1.165, 1.54) is 12.1 Å². The van der Waals surface area contributed by atoms with Gasteiger partial charge in [0.1, 0.15) is 23.1 Å². The van der Waals surface area contributed by atoms with Gasteiger partial charge in [-0.2, -0.15) is 13.2 Å². The van der Waals surface area contributed by atoms with Gasteiger partial charge in [-0.15, -0.1) is 0 Å². The van der Waals surface area contributed by atoms with Crippen LogP contribution in [0.3, 0.4) is 0 Å². The molecule has 0 unspecified atom stereocenters. The first kappa shape index (κ1) is 13.7. The average molecular weight is 336 g/mol. The number of hydrogen-bond donors (Lipinski definition) is 1. The van der Waals surface area contributed by atoms with E-state index < -0.39 is 17.7 Å². The zero-order valence-corrected chi connectivity index (χ0v) is 10.8. The van der Waals surface area contributed by atoms with Crippen LogP contribution < -0.4 is 5.32 Å². The number of pyridine rings is 2. The molecule has 8 heteroatoms. The summed E-state index contributed by atoms with van der Waals surface area (Å²) < 4.78 is 50.5. The monoisotopic (exact) mass is 335 g/mol. The predicted octanol–water partition coefficient (Wildman–Crippen LogP) is 4.14. The third-order valence-corrected chi connectivity index (χ3v) is 2.70. The molecule has 0 aromatic carbocycles. The Kier molecular flexibility index (Phi) is 3.70. The second-order valence-electron chi connectivity index (χ2n) is 3.51. The van der Waals surface area contributed by atoms with Crippen LogP contribution in [-0.2, 0) is 6.18 Å². The molecule has 0 fully saturated rings. The fourth-order valence-corrected chi connectivity index (χ4v) is 1.71. The molecule has 2 rings (SSSR count). The van der Waals surface area contributed by atoms with Crippen molar-refractivity contribution < 1.29 is 17.6 Å². The molecule has 2 aromatic rings. The van der Waals surface area contributed by atoms with E-state index in [4.69, 9.17) is 0 Å². The van der Waals surface area contributed by atoms with Gasteiger partial charge in [0.15, 0.2) is 0 Å². The molecular weight excluding hydrogens is 330 g/mol. The van der Waals surface area contributed by atoms with Crippen LogP contribution in [0, 0.1) is 5.82 Å². The Bertz CT molecular complexity index is 601. The number of alkyl halides is 3. The zero-order valence-electron chi connectivity index (χ0n) is 9.17. The summed E-state index contributed by atoms with van der Waals surface area (Å²) in [5.74, 6) is -0.419. The van der Waals surface area contributed by atoms with Crippen molar-refractivity contribution in [2.24, 2.45) is 0 Å². The molecule has 0 aliphatic rings. The van der Waals surface area contributed by atoms with Crippen LogP contribution in [0.2, 0.25) is 0 Å². The first-order chi connectivity index (χ1) is 8.86. The zero-order chi connectivity index (χ0) is 14.0. The second kappa shape index (κ2) is 5.12. The Morgan fingerprint density at radius 3 is 2.58 bits per heavy atom. The van der Waals surface area contributed by atoms with Gasteiger partial charge in [-0.1, -0.05) is 6.07 Å². The Labute approximate surface area is 113 Å². The number of aromatic nitrogens is 2. The van der Waals surface area contributed by atoms with Crippen LogP contribution in [0.4, 0.5) is 29.2 Å². The number of nitrogens with one attached hydrogen (secondary N) is 1. The molecule has 0 aliphatic carbocycles. The first-order valence-corrected chi connectivity index (χ1v) is 5.78. The van der Waals surface area contributed by atoms with Crippen molar-refractivity contribution in [3.8, 4) is 0 Å². The van der Waals surface area contributed by atoms with Crippen molar-refractivity contribution in [2.45, 2.75) is 6.18 Å². The maximum atomic E-state index is 12.8. The van der Waals surface area contributed by atoms with E-state index in [2.05, 4.69) is 31.2 Å². The van der Waals surface area contributed by atoms with Gasteiger partial charge in [-0.25, -0.2) is 14.4 Å². The van der Waals surface area contributed by atoms with Crippen molar-refractivity contribution in [2.75, 3.05) is 5.32 Å². The normalized spacial score (nSPS) is 11.4. The Morgan fingerprint density at radius 1 is 1.21 bits per heavy atom. The molecule has 3 nitrogen and oxygen atoms in total. The van der Waals surface area contributed by atoms with Crippen molar-refractivity contribution in [3.63, 3.8) is 0 Å². The SMILES string of the molecule is Fc1cnc(Nc2cccc(C(F)(F)F)n2)c(Br)c1. The van der Waals surface area contributed by atoms with Crippen LogP contribution >= 0.6 is 15.9 Å². The van der Waals surface area contributed by atoms with E-state index >= 15 is 0 Å². The van der Waals surface area contributed by atoms with Gasteiger partial charge in [0.25, 0.3) is 0 Å². The van der Waals surface area contributed by atoms with Crippen molar-refractivity contribution in [1.82, 2.24) is 9.97 Å². The lowest BCUT2D eigenvalue weighted by Crippen LogP contribution is -2.09.